The number of benzene rings is 3. The minimum Gasteiger partial charge on any atom is -0.497 e. The van der Waals surface area contributed by atoms with Gasteiger partial charge in [0.2, 0.25) is 15.9 Å². The van der Waals surface area contributed by atoms with Crippen LogP contribution in [0.3, 0.4) is 0 Å². The Morgan fingerprint density at radius 3 is 2.31 bits per heavy atom. The minimum absolute atomic E-state index is 0.0169. The Bertz CT molecular complexity index is 2070. The molecule has 2 bridgehead atoms. The van der Waals surface area contributed by atoms with Crippen molar-refractivity contribution in [1.82, 2.24) is 14.5 Å². The molecule has 6 aliphatic rings. The van der Waals surface area contributed by atoms with Crippen LogP contribution in [0.25, 0.3) is 0 Å². The maximum absolute atomic E-state index is 15.5. The quantitative estimate of drug-likeness (QED) is 0.241. The van der Waals surface area contributed by atoms with Crippen molar-refractivity contribution < 1.29 is 22.7 Å². The molecule has 55 heavy (non-hydrogen) atoms. The number of methoxy groups -OCH3 is 1. The first-order valence-electron chi connectivity index (χ1n) is 20.7. The molecule has 2 saturated heterocycles. The van der Waals surface area contributed by atoms with Crippen LogP contribution < -0.4 is 14.4 Å². The number of fused-ring (bicyclic) bond motifs is 9. The number of amides is 2. The topological polar surface area (TPSA) is 99.3 Å². The summed E-state index contributed by atoms with van der Waals surface area (Å²) in [5, 5.41) is -0.729. The highest BCUT2D eigenvalue weighted by Gasteiger charge is 2.67. The normalized spacial score (nSPS) is 29.6. The van der Waals surface area contributed by atoms with Gasteiger partial charge in [-0.1, -0.05) is 61.7 Å². The number of rotatable bonds is 9. The SMILES string of the molecule is COc1ccc2c(c1)C1CC1(C(=O)N1C3CCC1CC(N(C)Cc1ccccc1)C3)CN1c3cc(C(=O)NS(=O)(=O)C(C)C)ccc3C(C3CCCCC3)C21. The molecule has 4 aliphatic heterocycles. The lowest BCUT2D eigenvalue weighted by atomic mass is 9.72. The Labute approximate surface area is 326 Å². The van der Waals surface area contributed by atoms with Crippen LogP contribution in [0.2, 0.25) is 0 Å². The number of nitrogens with zero attached hydrogens (tertiary/aromatic N) is 3. The van der Waals surface area contributed by atoms with Crippen molar-refractivity contribution in [3.8, 4) is 5.75 Å². The Balaban J connectivity index is 1.08. The maximum atomic E-state index is 15.5. The fraction of sp³-hybridized carbons (Fsp3) is 0.556. The molecular weight excluding hydrogens is 709 g/mol. The maximum Gasteiger partial charge on any atom is 0.264 e. The van der Waals surface area contributed by atoms with E-state index >= 15 is 4.79 Å². The zero-order valence-corrected chi connectivity index (χ0v) is 33.6. The summed E-state index contributed by atoms with van der Waals surface area (Å²) in [7, 11) is 0.146. The highest BCUT2D eigenvalue weighted by Crippen LogP contribution is 2.69. The zero-order chi connectivity index (χ0) is 38.2. The fourth-order valence-corrected chi connectivity index (χ4v) is 12.0. The summed E-state index contributed by atoms with van der Waals surface area (Å²) in [6.07, 6.45) is 10.8. The highest BCUT2D eigenvalue weighted by atomic mass is 32.2. The van der Waals surface area contributed by atoms with Crippen LogP contribution in [0.5, 0.6) is 5.75 Å². The van der Waals surface area contributed by atoms with Crippen LogP contribution >= 0.6 is 0 Å². The van der Waals surface area contributed by atoms with E-state index in [0.717, 1.165) is 62.9 Å². The predicted molar refractivity (Wildman–Crippen MR) is 215 cm³/mol. The van der Waals surface area contributed by atoms with Crippen LogP contribution in [0, 0.1) is 11.3 Å². The third-order valence-electron chi connectivity index (χ3n) is 14.4. The van der Waals surface area contributed by atoms with Crippen LogP contribution in [0.1, 0.15) is 129 Å². The van der Waals surface area contributed by atoms with E-state index in [1.165, 1.54) is 41.5 Å². The summed E-state index contributed by atoms with van der Waals surface area (Å²) in [5.74, 6) is 1.27. The Kier molecular flexibility index (Phi) is 9.31. The number of nitrogens with one attached hydrogen (secondary N) is 1. The molecule has 1 N–H and O–H groups in total. The fourth-order valence-electron chi connectivity index (χ4n) is 11.4. The lowest BCUT2D eigenvalue weighted by Gasteiger charge is -2.44. The van der Waals surface area contributed by atoms with E-state index in [0.29, 0.717) is 30.0 Å². The molecule has 10 heteroatoms. The van der Waals surface area contributed by atoms with Crippen LogP contribution in [-0.4, -0.2) is 74.1 Å². The van der Waals surface area contributed by atoms with Gasteiger partial charge in [0.25, 0.3) is 5.91 Å². The number of anilines is 1. The molecule has 4 fully saturated rings. The van der Waals surface area contributed by atoms with Gasteiger partial charge >= 0.3 is 0 Å². The Morgan fingerprint density at radius 1 is 0.909 bits per heavy atom. The third kappa shape index (κ3) is 6.26. The second-order valence-electron chi connectivity index (χ2n) is 17.8. The molecule has 9 rings (SSSR count). The monoisotopic (exact) mass is 764 g/mol. The smallest absolute Gasteiger partial charge is 0.264 e. The van der Waals surface area contributed by atoms with Gasteiger partial charge in [0.05, 0.1) is 23.8 Å². The molecule has 2 amide bonds. The van der Waals surface area contributed by atoms with E-state index < -0.39 is 26.6 Å². The van der Waals surface area contributed by atoms with Gasteiger partial charge in [0, 0.05) is 54.3 Å². The molecule has 2 saturated carbocycles. The molecule has 6 unspecified atom stereocenters. The first-order chi connectivity index (χ1) is 26.5. The number of carbonyl (C=O) groups excluding carboxylic acids is 2. The second-order valence-corrected chi connectivity index (χ2v) is 20.1. The summed E-state index contributed by atoms with van der Waals surface area (Å²) < 4.78 is 33.7. The van der Waals surface area contributed by atoms with Gasteiger partial charge in [-0.25, -0.2) is 13.1 Å². The standard InChI is InChI=1S/C45H56N4O5S/c1-28(2)55(52,53)46-43(50)31-15-19-37-40(21-31)48-27-45(44(51)49-32-16-17-33(49)23-34(22-32)47(3)26-29-11-7-5-8-12-29)25-39(45)38-24-35(54-4)18-20-36(38)42(48)41(37)30-13-9-6-10-14-30/h5,7-8,11-12,15,18-21,24,28,30,32-34,39,41-42H,6,9-10,13-14,16-17,22-23,25-27H2,1-4H3,(H,46,50). The lowest BCUT2D eigenvalue weighted by Crippen LogP contribution is -2.55. The molecule has 4 heterocycles. The van der Waals surface area contributed by atoms with Gasteiger partial charge in [-0.2, -0.15) is 0 Å². The van der Waals surface area contributed by atoms with E-state index in [1.54, 1.807) is 27.0 Å². The van der Waals surface area contributed by atoms with Crippen LogP contribution in [0.4, 0.5) is 5.69 Å². The number of piperidine rings is 1. The van der Waals surface area contributed by atoms with Crippen molar-refractivity contribution >= 4 is 27.5 Å². The van der Waals surface area contributed by atoms with Gasteiger partial charge in [0.1, 0.15) is 5.75 Å². The summed E-state index contributed by atoms with van der Waals surface area (Å²) in [4.78, 5) is 36.3. The van der Waals surface area contributed by atoms with E-state index in [9.17, 15) is 13.2 Å². The summed E-state index contributed by atoms with van der Waals surface area (Å²) in [6.45, 7) is 4.63. The minimum atomic E-state index is -3.81. The molecule has 3 aromatic carbocycles. The largest absolute Gasteiger partial charge is 0.497 e. The molecule has 9 nitrogen and oxygen atoms in total. The van der Waals surface area contributed by atoms with Gasteiger partial charge in [-0.05, 0) is 118 Å². The number of sulfonamides is 1. The number of hydrogen-bond acceptors (Lipinski definition) is 7. The average molecular weight is 765 g/mol. The van der Waals surface area contributed by atoms with Crippen molar-refractivity contribution in [3.63, 3.8) is 0 Å². The second kappa shape index (κ2) is 13.9. The van der Waals surface area contributed by atoms with E-state index in [1.807, 2.05) is 6.07 Å². The molecule has 0 aromatic heterocycles. The summed E-state index contributed by atoms with van der Waals surface area (Å²) in [6, 6.07) is 23.9. The van der Waals surface area contributed by atoms with E-state index in [4.69, 9.17) is 4.74 Å². The van der Waals surface area contributed by atoms with Gasteiger partial charge in [-0.15, -0.1) is 0 Å². The Morgan fingerprint density at radius 2 is 1.62 bits per heavy atom. The van der Waals surface area contributed by atoms with Crippen molar-refractivity contribution in [2.75, 3.05) is 25.6 Å². The molecule has 3 aromatic rings. The third-order valence-corrected chi connectivity index (χ3v) is 16.1. The zero-order valence-electron chi connectivity index (χ0n) is 32.7. The summed E-state index contributed by atoms with van der Waals surface area (Å²) in [5.41, 5.74) is 5.75. The number of carbonyl (C=O) groups is 2. The summed E-state index contributed by atoms with van der Waals surface area (Å²) >= 11 is 0. The first-order valence-corrected chi connectivity index (χ1v) is 22.2. The van der Waals surface area contributed by atoms with Crippen LogP contribution in [-0.2, 0) is 21.4 Å². The van der Waals surface area contributed by atoms with Gasteiger partial charge in [0.15, 0.2) is 0 Å². The predicted octanol–water partition coefficient (Wildman–Crippen LogP) is 7.53. The van der Waals surface area contributed by atoms with Crippen molar-refractivity contribution in [2.45, 2.75) is 126 Å². The molecular formula is C45H56N4O5S. The average Bonchev–Trinajstić information content (AvgIpc) is 3.78. The van der Waals surface area contributed by atoms with Crippen molar-refractivity contribution in [1.29, 1.82) is 0 Å². The molecule has 6 atom stereocenters. The number of hydrogen-bond donors (Lipinski definition) is 1. The molecule has 0 spiro atoms. The molecule has 2 aliphatic carbocycles. The van der Waals surface area contributed by atoms with Crippen molar-refractivity contribution in [3.05, 3.63) is 94.5 Å². The lowest BCUT2D eigenvalue weighted by molar-refractivity contribution is -0.142. The van der Waals surface area contributed by atoms with Crippen molar-refractivity contribution in [2.24, 2.45) is 11.3 Å². The number of ether oxygens (including phenoxy) is 1. The Hall–Kier alpha value is -3.89. The molecule has 0 radical (unpaired) electrons. The first kappa shape index (κ1) is 36.7. The van der Waals surface area contributed by atoms with Gasteiger partial charge < -0.3 is 14.5 Å². The van der Waals surface area contributed by atoms with Crippen LogP contribution in [0.15, 0.2) is 66.7 Å². The highest BCUT2D eigenvalue weighted by molar-refractivity contribution is 7.90. The molecule has 292 valence electrons. The van der Waals surface area contributed by atoms with Gasteiger partial charge in [-0.3, -0.25) is 14.5 Å². The van der Waals surface area contributed by atoms with E-state index in [-0.39, 0.29) is 30.0 Å². The van der Waals surface area contributed by atoms with E-state index in [2.05, 4.69) is 81.1 Å².